The molecule has 2 aromatic carbocycles. The van der Waals surface area contributed by atoms with Gasteiger partial charge in [-0.3, -0.25) is 14.7 Å². The van der Waals surface area contributed by atoms with Crippen LogP contribution in [-0.2, 0) is 0 Å². The number of nitrogens with one attached hydrogen (secondary N) is 2. The van der Waals surface area contributed by atoms with Gasteiger partial charge in [-0.05, 0) is 30.3 Å². The van der Waals surface area contributed by atoms with Crippen LogP contribution in [0, 0.1) is 11.8 Å². The number of nitrogens with zero attached hydrogens (tertiary/aromatic N) is 4. The van der Waals surface area contributed by atoms with Crippen LogP contribution in [0.3, 0.4) is 0 Å². The highest BCUT2D eigenvalue weighted by Crippen LogP contribution is 2.46. The standard InChI is InChI=1S/C27H22N6O2/c34-26(17-7-5-6-16(12-17)22-15-32-11-4-3-10-23(32)28-22)29-24-19-13-33(14-20(19)24)27(35)25-18-8-1-2-9-21(18)30-31-25/h1-12,15,19-20,24H,13-14H2,(H,29,34)(H,30,31)/t19-,20?,24?/m0/s1. The number of benzene rings is 2. The number of rotatable bonds is 4. The molecular formula is C27H22N6O2. The van der Waals surface area contributed by atoms with Gasteiger partial charge in [0.2, 0.25) is 0 Å². The highest BCUT2D eigenvalue weighted by molar-refractivity contribution is 6.04. The summed E-state index contributed by atoms with van der Waals surface area (Å²) in [5.74, 6) is 0.426. The lowest BCUT2D eigenvalue weighted by Gasteiger charge is -2.19. The molecule has 0 radical (unpaired) electrons. The van der Waals surface area contributed by atoms with Crippen LogP contribution < -0.4 is 5.32 Å². The first-order valence-corrected chi connectivity index (χ1v) is 11.7. The number of aromatic nitrogens is 4. The highest BCUT2D eigenvalue weighted by atomic mass is 16.2. The lowest BCUT2D eigenvalue weighted by Crippen LogP contribution is -2.37. The molecule has 4 heterocycles. The zero-order valence-corrected chi connectivity index (χ0v) is 18.8. The second-order valence-corrected chi connectivity index (χ2v) is 9.33. The van der Waals surface area contributed by atoms with Gasteiger partial charge in [-0.15, -0.1) is 0 Å². The second kappa shape index (κ2) is 7.53. The van der Waals surface area contributed by atoms with Gasteiger partial charge in [-0.2, -0.15) is 5.10 Å². The Hall–Kier alpha value is -4.46. The van der Waals surface area contributed by atoms with Crippen LogP contribution in [-0.4, -0.2) is 55.4 Å². The van der Waals surface area contributed by atoms with Gasteiger partial charge >= 0.3 is 0 Å². The molecule has 35 heavy (non-hydrogen) atoms. The zero-order valence-electron chi connectivity index (χ0n) is 18.8. The Kier molecular flexibility index (Phi) is 4.29. The molecule has 0 bridgehead atoms. The molecule has 1 aliphatic heterocycles. The predicted octanol–water partition coefficient (Wildman–Crippen LogP) is 3.38. The van der Waals surface area contributed by atoms with Crippen molar-refractivity contribution >= 4 is 28.4 Å². The monoisotopic (exact) mass is 462 g/mol. The van der Waals surface area contributed by atoms with Gasteiger partial charge in [0.15, 0.2) is 5.69 Å². The summed E-state index contributed by atoms with van der Waals surface area (Å²) < 4.78 is 1.96. The van der Waals surface area contributed by atoms with Gasteiger partial charge in [0.25, 0.3) is 11.8 Å². The number of para-hydroxylation sites is 1. The number of piperidine rings is 1. The quantitative estimate of drug-likeness (QED) is 0.428. The molecule has 3 atom stereocenters. The third-order valence-electron chi connectivity index (χ3n) is 7.24. The largest absolute Gasteiger partial charge is 0.349 e. The number of likely N-dealkylation sites (tertiary alicyclic amines) is 1. The molecule has 1 saturated heterocycles. The molecule has 2 amide bonds. The number of fused-ring (bicyclic) bond motifs is 3. The van der Waals surface area contributed by atoms with Crippen molar-refractivity contribution < 1.29 is 9.59 Å². The maximum absolute atomic E-state index is 13.0. The second-order valence-electron chi connectivity index (χ2n) is 9.33. The lowest BCUT2D eigenvalue weighted by molar-refractivity contribution is 0.0765. The van der Waals surface area contributed by atoms with E-state index < -0.39 is 0 Å². The predicted molar refractivity (Wildman–Crippen MR) is 131 cm³/mol. The number of hydrogen-bond acceptors (Lipinski definition) is 4. The van der Waals surface area contributed by atoms with Gasteiger partial charge in [0, 0.05) is 59.9 Å². The molecule has 7 rings (SSSR count). The third-order valence-corrected chi connectivity index (χ3v) is 7.24. The summed E-state index contributed by atoms with van der Waals surface area (Å²) >= 11 is 0. The zero-order chi connectivity index (χ0) is 23.5. The van der Waals surface area contributed by atoms with Crippen LogP contribution in [0.4, 0.5) is 0 Å². The molecule has 8 heteroatoms. The Morgan fingerprint density at radius 1 is 0.971 bits per heavy atom. The Balaban J connectivity index is 1.02. The summed E-state index contributed by atoms with van der Waals surface area (Å²) in [5.41, 5.74) is 4.53. The fourth-order valence-corrected chi connectivity index (χ4v) is 5.31. The summed E-state index contributed by atoms with van der Waals surface area (Å²) in [6, 6.07) is 21.2. The van der Waals surface area contributed by atoms with Crippen molar-refractivity contribution in [2.75, 3.05) is 13.1 Å². The summed E-state index contributed by atoms with van der Waals surface area (Å²) in [7, 11) is 0. The fourth-order valence-electron chi connectivity index (χ4n) is 5.31. The van der Waals surface area contributed by atoms with Gasteiger partial charge in [-0.1, -0.05) is 36.4 Å². The molecule has 8 nitrogen and oxygen atoms in total. The van der Waals surface area contributed by atoms with Gasteiger partial charge in [-0.25, -0.2) is 4.98 Å². The number of imidazole rings is 1. The van der Waals surface area contributed by atoms with E-state index in [-0.39, 0.29) is 29.7 Å². The summed E-state index contributed by atoms with van der Waals surface area (Å²) in [6.45, 7) is 1.27. The van der Waals surface area contributed by atoms with Gasteiger partial charge < -0.3 is 14.6 Å². The van der Waals surface area contributed by atoms with E-state index in [1.54, 1.807) is 0 Å². The van der Waals surface area contributed by atoms with Gasteiger partial charge in [0.05, 0.1) is 11.2 Å². The molecule has 3 aromatic heterocycles. The van der Waals surface area contributed by atoms with Crippen LogP contribution in [0.15, 0.2) is 79.1 Å². The minimum absolute atomic E-state index is 0.0557. The number of hydrogen-bond donors (Lipinski definition) is 2. The molecule has 172 valence electrons. The fraction of sp³-hybridized carbons (Fsp3) is 0.185. The average Bonchev–Trinajstić information content (AvgIpc) is 3.36. The first-order chi connectivity index (χ1) is 17.2. The van der Waals surface area contributed by atoms with E-state index in [1.165, 1.54) is 0 Å². The van der Waals surface area contributed by atoms with Crippen LogP contribution in [0.5, 0.6) is 0 Å². The van der Waals surface area contributed by atoms with E-state index >= 15 is 0 Å². The molecule has 1 saturated carbocycles. The Morgan fingerprint density at radius 2 is 1.80 bits per heavy atom. The SMILES string of the molecule is O=C(NC1C2CN(C(=O)c3n[nH]c4ccccc34)C[C@@H]21)c1cccc(-c2cn3ccccc3n2)c1. The molecule has 2 aliphatic rings. The van der Waals surface area contributed by atoms with Crippen molar-refractivity contribution in [3.05, 3.63) is 90.4 Å². The van der Waals surface area contributed by atoms with Crippen LogP contribution in [0.2, 0.25) is 0 Å². The maximum atomic E-state index is 13.0. The normalized spacial score (nSPS) is 20.8. The highest BCUT2D eigenvalue weighted by Gasteiger charge is 2.57. The number of pyridine rings is 1. The number of H-pyrrole nitrogens is 1. The maximum Gasteiger partial charge on any atom is 0.275 e. The molecule has 5 aromatic rings. The number of carbonyl (C=O) groups excluding carboxylic acids is 2. The Labute approximate surface area is 200 Å². The minimum Gasteiger partial charge on any atom is -0.349 e. The summed E-state index contributed by atoms with van der Waals surface area (Å²) in [6.07, 6.45) is 3.92. The topological polar surface area (TPSA) is 95.4 Å². The van der Waals surface area contributed by atoms with Crippen molar-refractivity contribution in [1.82, 2.24) is 29.8 Å². The van der Waals surface area contributed by atoms with E-state index in [0.717, 1.165) is 27.8 Å². The van der Waals surface area contributed by atoms with E-state index in [2.05, 4.69) is 20.5 Å². The average molecular weight is 463 g/mol. The van der Waals surface area contributed by atoms with Gasteiger partial charge in [0.1, 0.15) is 5.65 Å². The summed E-state index contributed by atoms with van der Waals surface area (Å²) in [4.78, 5) is 32.5. The van der Waals surface area contributed by atoms with Crippen molar-refractivity contribution in [3.8, 4) is 11.3 Å². The number of carbonyl (C=O) groups is 2. The number of aromatic amines is 1. The van der Waals surface area contributed by atoms with Crippen molar-refractivity contribution in [2.45, 2.75) is 6.04 Å². The van der Waals surface area contributed by atoms with Crippen LogP contribution in [0.25, 0.3) is 27.8 Å². The molecular weight excluding hydrogens is 440 g/mol. The van der Waals surface area contributed by atoms with E-state index in [9.17, 15) is 9.59 Å². The Bertz CT molecular complexity index is 1570. The van der Waals surface area contributed by atoms with E-state index in [0.29, 0.717) is 24.3 Å². The first-order valence-electron chi connectivity index (χ1n) is 11.7. The molecule has 1 aliphatic carbocycles. The molecule has 2 fully saturated rings. The van der Waals surface area contributed by atoms with E-state index in [1.807, 2.05) is 88.4 Å². The van der Waals surface area contributed by atoms with Crippen LogP contribution in [0.1, 0.15) is 20.8 Å². The number of amides is 2. The van der Waals surface area contributed by atoms with Crippen molar-refractivity contribution in [3.63, 3.8) is 0 Å². The van der Waals surface area contributed by atoms with Crippen LogP contribution >= 0.6 is 0 Å². The lowest BCUT2D eigenvalue weighted by atomic mass is 10.1. The Morgan fingerprint density at radius 3 is 2.66 bits per heavy atom. The molecule has 2 N–H and O–H groups in total. The smallest absolute Gasteiger partial charge is 0.275 e. The summed E-state index contributed by atoms with van der Waals surface area (Å²) in [5, 5.41) is 11.2. The first kappa shape index (κ1) is 20.0. The molecule has 0 spiro atoms. The van der Waals surface area contributed by atoms with Crippen molar-refractivity contribution in [2.24, 2.45) is 11.8 Å². The third kappa shape index (κ3) is 3.29. The molecule has 2 unspecified atom stereocenters. The van der Waals surface area contributed by atoms with E-state index in [4.69, 9.17) is 0 Å². The minimum atomic E-state index is -0.0915. The van der Waals surface area contributed by atoms with Crippen molar-refractivity contribution in [1.29, 1.82) is 0 Å².